The average molecular weight is 380 g/mol. The van der Waals surface area contributed by atoms with Gasteiger partial charge in [-0.25, -0.2) is 8.42 Å². The van der Waals surface area contributed by atoms with Gasteiger partial charge < -0.3 is 14.8 Å². The molecule has 0 aliphatic carbocycles. The summed E-state index contributed by atoms with van der Waals surface area (Å²) < 4.78 is 33.4. The zero-order valence-corrected chi connectivity index (χ0v) is 14.8. The van der Waals surface area contributed by atoms with Crippen molar-refractivity contribution in [3.63, 3.8) is 0 Å². The van der Waals surface area contributed by atoms with Crippen LogP contribution in [0.5, 0.6) is 11.5 Å². The largest absolute Gasteiger partial charge is 0.493 e. The van der Waals surface area contributed by atoms with Crippen molar-refractivity contribution in [1.29, 1.82) is 0 Å². The summed E-state index contributed by atoms with van der Waals surface area (Å²) in [5.74, 6) is -0.284. The van der Waals surface area contributed by atoms with E-state index in [1.54, 1.807) is 0 Å². The van der Waals surface area contributed by atoms with Gasteiger partial charge in [0.15, 0.2) is 27.9 Å². The Bertz CT molecular complexity index is 941. The van der Waals surface area contributed by atoms with Crippen molar-refractivity contribution in [3.05, 3.63) is 52.6 Å². The number of non-ortho nitro benzene ring substituents is 1. The van der Waals surface area contributed by atoms with E-state index in [2.05, 4.69) is 5.32 Å². The van der Waals surface area contributed by atoms with Gasteiger partial charge in [-0.15, -0.1) is 0 Å². The van der Waals surface area contributed by atoms with Crippen molar-refractivity contribution in [3.8, 4) is 11.5 Å². The number of ether oxygens (including phenoxy) is 2. The van der Waals surface area contributed by atoms with E-state index in [4.69, 9.17) is 9.47 Å². The van der Waals surface area contributed by atoms with Gasteiger partial charge in [-0.1, -0.05) is 6.07 Å². The average Bonchev–Trinajstić information content (AvgIpc) is 2.59. The third-order valence-electron chi connectivity index (χ3n) is 3.26. The number of nitrogens with one attached hydrogen (secondary N) is 1. The molecule has 0 heterocycles. The molecule has 9 nitrogen and oxygen atoms in total. The Morgan fingerprint density at radius 3 is 2.54 bits per heavy atom. The van der Waals surface area contributed by atoms with Crippen LogP contribution in [-0.2, 0) is 14.6 Å². The molecule has 0 aliphatic heterocycles. The van der Waals surface area contributed by atoms with Gasteiger partial charge in [-0.3, -0.25) is 14.9 Å². The minimum absolute atomic E-state index is 0.0433. The van der Waals surface area contributed by atoms with E-state index < -0.39 is 27.3 Å². The number of hydrogen-bond acceptors (Lipinski definition) is 7. The van der Waals surface area contributed by atoms with Crippen molar-refractivity contribution in [2.24, 2.45) is 0 Å². The van der Waals surface area contributed by atoms with E-state index in [0.717, 1.165) is 12.3 Å². The Kier molecular flexibility index (Phi) is 5.78. The summed E-state index contributed by atoms with van der Waals surface area (Å²) in [6.45, 7) is -0.444. The zero-order chi connectivity index (χ0) is 19.3. The fourth-order valence-corrected chi connectivity index (χ4v) is 2.70. The van der Waals surface area contributed by atoms with Gasteiger partial charge in [0.1, 0.15) is 0 Å². The lowest BCUT2D eigenvalue weighted by molar-refractivity contribution is -0.385. The van der Waals surface area contributed by atoms with Gasteiger partial charge >= 0.3 is 0 Å². The van der Waals surface area contributed by atoms with E-state index in [0.29, 0.717) is 0 Å². The van der Waals surface area contributed by atoms with Crippen LogP contribution in [0.4, 0.5) is 11.4 Å². The highest BCUT2D eigenvalue weighted by Crippen LogP contribution is 2.31. The summed E-state index contributed by atoms with van der Waals surface area (Å²) in [5, 5.41) is 13.3. The fourth-order valence-electron chi connectivity index (χ4n) is 2.04. The van der Waals surface area contributed by atoms with Gasteiger partial charge in [-0.05, 0) is 24.3 Å². The molecule has 0 unspecified atom stereocenters. The van der Waals surface area contributed by atoms with Gasteiger partial charge in [0, 0.05) is 18.0 Å². The van der Waals surface area contributed by atoms with Gasteiger partial charge in [0.05, 0.1) is 23.0 Å². The molecule has 26 heavy (non-hydrogen) atoms. The Morgan fingerprint density at radius 2 is 1.92 bits per heavy atom. The quantitative estimate of drug-likeness (QED) is 0.575. The SMILES string of the molecule is COc1ccc([N+](=O)[O-])cc1OCC(=O)Nc1cccc(S(C)(=O)=O)c1. The lowest BCUT2D eigenvalue weighted by atomic mass is 10.3. The highest BCUT2D eigenvalue weighted by Gasteiger charge is 2.14. The summed E-state index contributed by atoms with van der Waals surface area (Å²) in [7, 11) is -2.04. The smallest absolute Gasteiger partial charge is 0.273 e. The number of carbonyl (C=O) groups is 1. The molecule has 0 saturated carbocycles. The molecule has 0 atom stereocenters. The van der Waals surface area contributed by atoms with E-state index in [9.17, 15) is 23.3 Å². The highest BCUT2D eigenvalue weighted by molar-refractivity contribution is 7.90. The Balaban J connectivity index is 2.08. The van der Waals surface area contributed by atoms with E-state index in [1.165, 1.54) is 43.5 Å². The molecule has 0 bridgehead atoms. The molecule has 10 heteroatoms. The predicted molar refractivity (Wildman–Crippen MR) is 93.3 cm³/mol. The highest BCUT2D eigenvalue weighted by atomic mass is 32.2. The predicted octanol–water partition coefficient (Wildman–Crippen LogP) is 2.02. The zero-order valence-electron chi connectivity index (χ0n) is 14.0. The van der Waals surface area contributed by atoms with E-state index in [-0.39, 0.29) is 27.8 Å². The van der Waals surface area contributed by atoms with Crippen molar-refractivity contribution in [2.75, 3.05) is 25.3 Å². The maximum atomic E-state index is 12.0. The van der Waals surface area contributed by atoms with Crippen LogP contribution in [-0.4, -0.2) is 39.2 Å². The lowest BCUT2D eigenvalue weighted by Gasteiger charge is -2.11. The number of rotatable bonds is 7. The summed E-state index contributed by atoms with van der Waals surface area (Å²) in [6.07, 6.45) is 1.06. The molecule has 1 amide bonds. The number of nitro groups is 1. The molecular weight excluding hydrogens is 364 g/mol. The standard InChI is InChI=1S/C16H16N2O7S/c1-24-14-7-6-12(18(20)21)9-15(14)25-10-16(19)17-11-4-3-5-13(8-11)26(2,22)23/h3-9H,10H2,1-2H3,(H,17,19). The fraction of sp³-hybridized carbons (Fsp3) is 0.188. The van der Waals surface area contributed by atoms with E-state index in [1.807, 2.05) is 0 Å². The summed E-state index contributed by atoms with van der Waals surface area (Å²) in [4.78, 5) is 22.3. The van der Waals surface area contributed by atoms with Gasteiger partial charge in [0.25, 0.3) is 11.6 Å². The summed E-state index contributed by atoms with van der Waals surface area (Å²) in [5.41, 5.74) is 0.0783. The van der Waals surface area contributed by atoms with Gasteiger partial charge in [0.2, 0.25) is 0 Å². The lowest BCUT2D eigenvalue weighted by Crippen LogP contribution is -2.20. The molecule has 1 N–H and O–H groups in total. The number of amides is 1. The number of benzene rings is 2. The topological polar surface area (TPSA) is 125 Å². The Labute approximate surface area is 149 Å². The minimum Gasteiger partial charge on any atom is -0.493 e. The number of sulfone groups is 1. The number of methoxy groups -OCH3 is 1. The first-order valence-electron chi connectivity index (χ1n) is 7.26. The van der Waals surface area contributed by atoms with Crippen molar-refractivity contribution in [2.45, 2.75) is 4.90 Å². The molecule has 0 spiro atoms. The number of anilines is 1. The van der Waals surface area contributed by atoms with Crippen molar-refractivity contribution < 1.29 is 27.6 Å². The molecule has 0 saturated heterocycles. The van der Waals surface area contributed by atoms with Crippen LogP contribution in [0.2, 0.25) is 0 Å². The Hall–Kier alpha value is -3.14. The maximum Gasteiger partial charge on any atom is 0.273 e. The molecule has 0 fully saturated rings. The second kappa shape index (κ2) is 7.83. The molecule has 2 rings (SSSR count). The van der Waals surface area contributed by atoms with E-state index >= 15 is 0 Å². The summed E-state index contributed by atoms with van der Waals surface area (Å²) in [6, 6.07) is 9.52. The normalized spacial score (nSPS) is 10.8. The third-order valence-corrected chi connectivity index (χ3v) is 4.37. The second-order valence-corrected chi connectivity index (χ2v) is 7.24. The van der Waals surface area contributed by atoms with Gasteiger partial charge in [-0.2, -0.15) is 0 Å². The van der Waals surface area contributed by atoms with Crippen LogP contribution < -0.4 is 14.8 Å². The van der Waals surface area contributed by atoms with Crippen LogP contribution in [0.25, 0.3) is 0 Å². The number of hydrogen-bond donors (Lipinski definition) is 1. The molecule has 2 aromatic rings. The first-order chi connectivity index (χ1) is 12.2. The number of nitrogens with zero attached hydrogens (tertiary/aromatic N) is 1. The minimum atomic E-state index is -3.40. The van der Waals surface area contributed by atoms with Crippen LogP contribution in [0.15, 0.2) is 47.4 Å². The molecule has 0 aromatic heterocycles. The number of nitro benzene ring substituents is 1. The van der Waals surface area contributed by atoms with Crippen molar-refractivity contribution >= 4 is 27.1 Å². The molecule has 0 radical (unpaired) electrons. The molecule has 138 valence electrons. The third kappa shape index (κ3) is 4.93. The first kappa shape index (κ1) is 19.2. The van der Waals surface area contributed by atoms with Crippen LogP contribution >= 0.6 is 0 Å². The molecule has 0 aliphatic rings. The molecule has 2 aromatic carbocycles. The second-order valence-electron chi connectivity index (χ2n) is 5.23. The maximum absolute atomic E-state index is 12.0. The van der Waals surface area contributed by atoms with Crippen molar-refractivity contribution in [1.82, 2.24) is 0 Å². The van der Waals surface area contributed by atoms with Crippen LogP contribution in [0, 0.1) is 10.1 Å². The van der Waals surface area contributed by atoms with Crippen LogP contribution in [0.3, 0.4) is 0 Å². The number of carbonyl (C=O) groups excluding carboxylic acids is 1. The molecular formula is C16H16N2O7S. The monoisotopic (exact) mass is 380 g/mol. The Morgan fingerprint density at radius 1 is 1.19 bits per heavy atom. The van der Waals surface area contributed by atoms with Crippen LogP contribution in [0.1, 0.15) is 0 Å². The first-order valence-corrected chi connectivity index (χ1v) is 9.15. The summed E-state index contributed by atoms with van der Waals surface area (Å²) >= 11 is 0.